The summed E-state index contributed by atoms with van der Waals surface area (Å²) in [6.45, 7) is 5.18. The normalized spacial score (nSPS) is 11.1. The zero-order valence-electron chi connectivity index (χ0n) is 16.1. The Morgan fingerprint density at radius 3 is 2.86 bits per heavy atom. The minimum absolute atomic E-state index is 0.0925. The van der Waals surface area contributed by atoms with Crippen LogP contribution < -0.4 is 0 Å². The van der Waals surface area contributed by atoms with Crippen molar-refractivity contribution in [2.75, 3.05) is 7.05 Å². The van der Waals surface area contributed by atoms with Gasteiger partial charge in [0.2, 0.25) is 0 Å². The minimum Gasteiger partial charge on any atom is -0.364 e. The van der Waals surface area contributed by atoms with Crippen LogP contribution in [0, 0.1) is 6.92 Å². The monoisotopic (exact) mass is 375 g/mol. The van der Waals surface area contributed by atoms with Crippen molar-refractivity contribution in [3.8, 4) is 11.3 Å². The number of aryl methyl sites for hydroxylation is 2. The van der Waals surface area contributed by atoms with E-state index in [1.54, 1.807) is 24.2 Å². The summed E-state index contributed by atoms with van der Waals surface area (Å²) in [5.41, 5.74) is 4.78. The summed E-state index contributed by atoms with van der Waals surface area (Å²) >= 11 is 0. The number of hydrogen-bond acceptors (Lipinski definition) is 5. The summed E-state index contributed by atoms with van der Waals surface area (Å²) in [5.74, 6) is -0.0925. The second-order valence-corrected chi connectivity index (χ2v) is 6.76. The molecule has 0 aliphatic heterocycles. The summed E-state index contributed by atoms with van der Waals surface area (Å²) in [4.78, 5) is 19.7. The highest BCUT2D eigenvalue weighted by Crippen LogP contribution is 2.27. The number of benzene rings is 1. The van der Waals surface area contributed by atoms with E-state index in [0.717, 1.165) is 34.3 Å². The van der Waals surface area contributed by atoms with Crippen LogP contribution >= 0.6 is 0 Å². The summed E-state index contributed by atoms with van der Waals surface area (Å²) < 4.78 is 6.71. The first kappa shape index (κ1) is 17.9. The number of hydrogen-bond donors (Lipinski definition) is 0. The number of carbonyl (C=O) groups excluding carboxylic acids is 1. The molecule has 0 saturated heterocycles. The van der Waals surface area contributed by atoms with E-state index < -0.39 is 0 Å². The highest BCUT2D eigenvalue weighted by atomic mass is 16.5. The maximum Gasteiger partial charge on any atom is 0.254 e. The topological polar surface area (TPSA) is 77.0 Å². The maximum atomic E-state index is 13.3. The Labute approximate surface area is 162 Å². The first-order valence-electron chi connectivity index (χ1n) is 9.14. The van der Waals surface area contributed by atoms with E-state index in [-0.39, 0.29) is 5.91 Å². The molecular weight excluding hydrogens is 354 g/mol. The third-order valence-electron chi connectivity index (χ3n) is 4.76. The molecule has 0 unspecified atom stereocenters. The third kappa shape index (κ3) is 3.26. The standard InChI is InChI=1S/C21H21N5O2/c1-4-26-12-15(11-22-26)19-10-18(17-7-5-6-14(2)20(17)23-19)21(27)25(3)13-16-8-9-28-24-16/h5-12H,4,13H2,1-3H3. The van der Waals surface area contributed by atoms with Gasteiger partial charge in [-0.3, -0.25) is 9.48 Å². The van der Waals surface area contributed by atoms with Gasteiger partial charge in [-0.1, -0.05) is 23.4 Å². The zero-order chi connectivity index (χ0) is 19.7. The van der Waals surface area contributed by atoms with Gasteiger partial charge in [0.05, 0.1) is 29.5 Å². The van der Waals surface area contributed by atoms with Crippen LogP contribution in [0.15, 0.2) is 53.5 Å². The maximum absolute atomic E-state index is 13.3. The Hall–Kier alpha value is -3.48. The van der Waals surface area contributed by atoms with Crippen LogP contribution in [0.4, 0.5) is 0 Å². The van der Waals surface area contributed by atoms with Gasteiger partial charge < -0.3 is 9.42 Å². The van der Waals surface area contributed by atoms with Crippen LogP contribution in [-0.2, 0) is 13.1 Å². The molecule has 7 heteroatoms. The van der Waals surface area contributed by atoms with Crippen molar-refractivity contribution in [3.63, 3.8) is 0 Å². The Kier molecular flexibility index (Phi) is 4.65. The highest BCUT2D eigenvalue weighted by Gasteiger charge is 2.19. The molecule has 4 rings (SSSR count). The fraction of sp³-hybridized carbons (Fsp3) is 0.238. The molecule has 0 fully saturated rings. The van der Waals surface area contributed by atoms with Gasteiger partial charge in [-0.2, -0.15) is 5.10 Å². The van der Waals surface area contributed by atoms with Gasteiger partial charge >= 0.3 is 0 Å². The number of aromatic nitrogens is 4. The first-order valence-corrected chi connectivity index (χ1v) is 9.14. The van der Waals surface area contributed by atoms with Gasteiger partial charge in [-0.25, -0.2) is 4.98 Å². The zero-order valence-corrected chi connectivity index (χ0v) is 16.1. The Morgan fingerprint density at radius 2 is 2.14 bits per heavy atom. The fourth-order valence-corrected chi connectivity index (χ4v) is 3.23. The minimum atomic E-state index is -0.0925. The molecule has 0 spiro atoms. The lowest BCUT2D eigenvalue weighted by atomic mass is 10.0. The van der Waals surface area contributed by atoms with Crippen molar-refractivity contribution in [2.24, 2.45) is 0 Å². The van der Waals surface area contributed by atoms with E-state index in [2.05, 4.69) is 10.3 Å². The SMILES string of the molecule is CCn1cc(-c2cc(C(=O)N(C)Cc3ccon3)c3cccc(C)c3n2)cn1. The Morgan fingerprint density at radius 1 is 1.29 bits per heavy atom. The number of amides is 1. The van der Waals surface area contributed by atoms with Gasteiger partial charge in [0.25, 0.3) is 5.91 Å². The van der Waals surface area contributed by atoms with Gasteiger partial charge in [-0.15, -0.1) is 0 Å². The van der Waals surface area contributed by atoms with E-state index in [0.29, 0.717) is 17.8 Å². The number of para-hydroxylation sites is 1. The predicted octanol–water partition coefficient (Wildman–Crippen LogP) is 3.69. The second kappa shape index (κ2) is 7.26. The Balaban J connectivity index is 1.81. The molecule has 3 heterocycles. The number of carbonyl (C=O) groups is 1. The number of nitrogens with zero attached hydrogens (tertiary/aromatic N) is 5. The smallest absolute Gasteiger partial charge is 0.254 e. The van der Waals surface area contributed by atoms with Gasteiger partial charge in [-0.05, 0) is 25.5 Å². The van der Waals surface area contributed by atoms with Gasteiger partial charge in [0.15, 0.2) is 0 Å². The largest absolute Gasteiger partial charge is 0.364 e. The molecule has 1 aromatic carbocycles. The lowest BCUT2D eigenvalue weighted by Gasteiger charge is -2.18. The summed E-state index contributed by atoms with van der Waals surface area (Å²) in [7, 11) is 1.76. The van der Waals surface area contributed by atoms with Crippen molar-refractivity contribution in [1.82, 2.24) is 24.8 Å². The molecular formula is C21H21N5O2. The Bertz CT molecular complexity index is 1130. The van der Waals surface area contributed by atoms with Crippen molar-refractivity contribution in [2.45, 2.75) is 26.9 Å². The van der Waals surface area contributed by atoms with Gasteiger partial charge in [0, 0.05) is 36.8 Å². The van der Waals surface area contributed by atoms with E-state index in [1.807, 2.05) is 49.0 Å². The molecule has 0 saturated carbocycles. The third-order valence-corrected chi connectivity index (χ3v) is 4.76. The van der Waals surface area contributed by atoms with Crippen LogP contribution in [0.5, 0.6) is 0 Å². The average Bonchev–Trinajstić information content (AvgIpc) is 3.39. The van der Waals surface area contributed by atoms with Crippen LogP contribution in [0.25, 0.3) is 22.2 Å². The van der Waals surface area contributed by atoms with E-state index in [1.165, 1.54) is 6.26 Å². The van der Waals surface area contributed by atoms with Crippen LogP contribution in [-0.4, -0.2) is 37.8 Å². The lowest BCUT2D eigenvalue weighted by Crippen LogP contribution is -2.26. The summed E-state index contributed by atoms with van der Waals surface area (Å²) in [6, 6.07) is 9.49. The lowest BCUT2D eigenvalue weighted by molar-refractivity contribution is 0.0784. The van der Waals surface area contributed by atoms with Crippen LogP contribution in [0.1, 0.15) is 28.5 Å². The van der Waals surface area contributed by atoms with Crippen LogP contribution in [0.3, 0.4) is 0 Å². The molecule has 0 bridgehead atoms. The number of fused-ring (bicyclic) bond motifs is 1. The highest BCUT2D eigenvalue weighted by molar-refractivity contribution is 6.07. The van der Waals surface area contributed by atoms with E-state index in [4.69, 9.17) is 9.51 Å². The van der Waals surface area contributed by atoms with Crippen molar-refractivity contribution in [1.29, 1.82) is 0 Å². The van der Waals surface area contributed by atoms with Crippen molar-refractivity contribution < 1.29 is 9.32 Å². The molecule has 28 heavy (non-hydrogen) atoms. The fourth-order valence-electron chi connectivity index (χ4n) is 3.23. The van der Waals surface area contributed by atoms with Gasteiger partial charge in [0.1, 0.15) is 12.0 Å². The molecule has 7 nitrogen and oxygen atoms in total. The molecule has 0 N–H and O–H groups in total. The first-order chi connectivity index (χ1) is 13.6. The summed E-state index contributed by atoms with van der Waals surface area (Å²) in [5, 5.41) is 9.07. The molecule has 142 valence electrons. The average molecular weight is 375 g/mol. The number of rotatable bonds is 5. The van der Waals surface area contributed by atoms with Crippen molar-refractivity contribution >= 4 is 16.8 Å². The molecule has 0 radical (unpaired) electrons. The van der Waals surface area contributed by atoms with E-state index >= 15 is 0 Å². The molecule has 0 aliphatic rings. The second-order valence-electron chi connectivity index (χ2n) is 6.76. The predicted molar refractivity (Wildman–Crippen MR) is 106 cm³/mol. The quantitative estimate of drug-likeness (QED) is 0.532. The molecule has 0 atom stereocenters. The molecule has 3 aromatic heterocycles. The molecule has 4 aromatic rings. The molecule has 0 aliphatic carbocycles. The van der Waals surface area contributed by atoms with Crippen LogP contribution in [0.2, 0.25) is 0 Å². The van der Waals surface area contributed by atoms with Crippen molar-refractivity contribution in [3.05, 3.63) is 65.8 Å². The number of pyridine rings is 1. The molecule has 1 amide bonds. The summed E-state index contributed by atoms with van der Waals surface area (Å²) in [6.07, 6.45) is 5.23. The van der Waals surface area contributed by atoms with E-state index in [9.17, 15) is 4.79 Å².